The van der Waals surface area contributed by atoms with Gasteiger partial charge in [0.25, 0.3) is 0 Å². The van der Waals surface area contributed by atoms with Crippen LogP contribution in [-0.4, -0.2) is 54.0 Å². The minimum absolute atomic E-state index is 0.0538. The van der Waals surface area contributed by atoms with E-state index in [1.54, 1.807) is 48.5 Å². The number of ether oxygens (including phenoxy) is 1. The first-order chi connectivity index (χ1) is 16.3. The molecule has 3 rings (SSSR count). The summed E-state index contributed by atoms with van der Waals surface area (Å²) in [7, 11) is 1.50. The van der Waals surface area contributed by atoms with Crippen molar-refractivity contribution in [3.8, 4) is 5.75 Å². The van der Waals surface area contributed by atoms with E-state index in [-0.39, 0.29) is 25.8 Å². The molecule has 0 aliphatic carbocycles. The van der Waals surface area contributed by atoms with Crippen molar-refractivity contribution >= 4 is 35.4 Å². The van der Waals surface area contributed by atoms with E-state index in [4.69, 9.17) is 21.4 Å². The number of carboxylic acid groups (broad SMARTS) is 1. The Morgan fingerprint density at radius 1 is 1.24 bits per heavy atom. The number of carbonyl (C=O) groups excluding carboxylic acids is 3. The molecule has 0 saturated carbocycles. The molecule has 10 heteroatoms. The van der Waals surface area contributed by atoms with Gasteiger partial charge in [-0.2, -0.15) is 0 Å². The van der Waals surface area contributed by atoms with Gasteiger partial charge in [-0.3, -0.25) is 19.3 Å². The quantitative estimate of drug-likeness (QED) is 0.525. The van der Waals surface area contributed by atoms with E-state index in [0.717, 1.165) is 4.90 Å². The van der Waals surface area contributed by atoms with Gasteiger partial charge in [0.1, 0.15) is 12.3 Å². The van der Waals surface area contributed by atoms with E-state index in [1.165, 1.54) is 7.11 Å². The maximum atomic E-state index is 13.3. The van der Waals surface area contributed by atoms with Gasteiger partial charge in [-0.1, -0.05) is 41.9 Å². The molecular weight excluding hydrogens is 462 g/mol. The fourth-order valence-electron chi connectivity index (χ4n) is 3.83. The average molecular weight is 488 g/mol. The number of urea groups is 1. The fourth-order valence-corrected chi connectivity index (χ4v) is 4.02. The molecule has 2 atom stereocenters. The van der Waals surface area contributed by atoms with Crippen molar-refractivity contribution in [1.29, 1.82) is 0 Å². The number of rotatable bonds is 8. The smallest absolute Gasteiger partial charge is 0.325 e. The molecule has 4 amide bonds. The van der Waals surface area contributed by atoms with Crippen molar-refractivity contribution in [2.75, 3.05) is 20.2 Å². The summed E-state index contributed by atoms with van der Waals surface area (Å²) in [6.07, 6.45) is 0.154. The van der Waals surface area contributed by atoms with Crippen LogP contribution >= 0.6 is 11.6 Å². The molecule has 180 valence electrons. The number of hydrogen-bond donors (Lipinski definition) is 3. The number of nitrogens with zero attached hydrogens (tertiary/aromatic N) is 1. The maximum Gasteiger partial charge on any atom is 0.325 e. The summed E-state index contributed by atoms with van der Waals surface area (Å²) in [4.78, 5) is 50.7. The molecule has 34 heavy (non-hydrogen) atoms. The lowest BCUT2D eigenvalue weighted by molar-refractivity contribution is -0.137. The van der Waals surface area contributed by atoms with Crippen LogP contribution in [0.2, 0.25) is 5.02 Å². The Balaban J connectivity index is 1.81. The third-order valence-corrected chi connectivity index (χ3v) is 5.80. The van der Waals surface area contributed by atoms with Crippen LogP contribution in [0, 0.1) is 5.92 Å². The van der Waals surface area contributed by atoms with Crippen LogP contribution in [0.3, 0.4) is 0 Å². The summed E-state index contributed by atoms with van der Waals surface area (Å²) in [6, 6.07) is 12.5. The van der Waals surface area contributed by atoms with E-state index in [1.807, 2.05) is 0 Å². The Hall–Kier alpha value is -3.59. The molecule has 3 N–H and O–H groups in total. The molecule has 1 fully saturated rings. The van der Waals surface area contributed by atoms with Gasteiger partial charge in [-0.05, 0) is 42.2 Å². The Kier molecular flexibility index (Phi) is 8.48. The first-order valence-electron chi connectivity index (χ1n) is 10.8. The maximum absolute atomic E-state index is 13.3. The average Bonchev–Trinajstić information content (AvgIpc) is 2.96. The lowest BCUT2D eigenvalue weighted by Gasteiger charge is -2.26. The zero-order chi connectivity index (χ0) is 24.7. The van der Waals surface area contributed by atoms with Crippen LogP contribution in [0.25, 0.3) is 0 Å². The molecule has 0 radical (unpaired) electrons. The van der Waals surface area contributed by atoms with Gasteiger partial charge in [-0.15, -0.1) is 0 Å². The number of halogens is 1. The fraction of sp³-hybridized carbons (Fsp3) is 0.333. The standard InChI is InChI=1S/C24H26ClN3O6/c1-34-20-9-7-18(25)12-16(20)11-17-13-26-21(29)14-28(23(17)32)24(33)27-19(8-10-22(30)31)15-5-3-2-4-6-15/h2-7,9,12,17,19H,8,10-11,13-14H2,1H3,(H,26,29)(H,27,33)(H,30,31). The number of aliphatic carboxylic acids is 1. The van der Waals surface area contributed by atoms with Crippen molar-refractivity contribution < 1.29 is 29.0 Å². The van der Waals surface area contributed by atoms with E-state index in [2.05, 4.69) is 10.6 Å². The van der Waals surface area contributed by atoms with Crippen molar-refractivity contribution in [3.63, 3.8) is 0 Å². The highest BCUT2D eigenvalue weighted by molar-refractivity contribution is 6.30. The second-order valence-corrected chi connectivity index (χ2v) is 8.37. The topological polar surface area (TPSA) is 125 Å². The number of carbonyl (C=O) groups is 4. The van der Waals surface area contributed by atoms with Crippen LogP contribution in [0.4, 0.5) is 4.79 Å². The highest BCUT2D eigenvalue weighted by Gasteiger charge is 2.35. The summed E-state index contributed by atoms with van der Waals surface area (Å²) in [6.45, 7) is -0.382. The Bertz CT molecular complexity index is 1060. The molecule has 1 heterocycles. The molecular formula is C24H26ClN3O6. The number of benzene rings is 2. The van der Waals surface area contributed by atoms with E-state index < -0.39 is 42.3 Å². The number of methoxy groups -OCH3 is 1. The molecule has 2 aromatic rings. The lowest BCUT2D eigenvalue weighted by Crippen LogP contribution is -2.48. The van der Waals surface area contributed by atoms with Gasteiger partial charge in [0, 0.05) is 18.0 Å². The first-order valence-corrected chi connectivity index (χ1v) is 11.1. The largest absolute Gasteiger partial charge is 0.496 e. The van der Waals surface area contributed by atoms with Gasteiger partial charge in [0.2, 0.25) is 11.8 Å². The van der Waals surface area contributed by atoms with Crippen LogP contribution in [0.5, 0.6) is 5.75 Å². The zero-order valence-electron chi connectivity index (χ0n) is 18.6. The summed E-state index contributed by atoms with van der Waals surface area (Å²) in [5.41, 5.74) is 1.37. The van der Waals surface area contributed by atoms with Crippen LogP contribution in [0.1, 0.15) is 30.0 Å². The molecule has 9 nitrogen and oxygen atoms in total. The molecule has 1 aliphatic heterocycles. The number of carboxylic acids is 1. The minimum atomic E-state index is -1.00. The number of hydrogen-bond acceptors (Lipinski definition) is 5. The van der Waals surface area contributed by atoms with Gasteiger partial charge < -0.3 is 20.5 Å². The second kappa shape index (κ2) is 11.5. The first kappa shape index (κ1) is 25.0. The number of amides is 4. The second-order valence-electron chi connectivity index (χ2n) is 7.93. The Morgan fingerprint density at radius 2 is 1.97 bits per heavy atom. The summed E-state index contributed by atoms with van der Waals surface area (Å²) in [5, 5.41) is 15.0. The van der Waals surface area contributed by atoms with Crippen LogP contribution in [-0.2, 0) is 20.8 Å². The van der Waals surface area contributed by atoms with E-state index in [9.17, 15) is 19.2 Å². The van der Waals surface area contributed by atoms with Crippen molar-refractivity contribution in [3.05, 3.63) is 64.7 Å². The SMILES string of the molecule is COc1ccc(Cl)cc1CC1CNC(=O)CN(C(=O)NC(CCC(=O)O)c2ccccc2)C1=O. The minimum Gasteiger partial charge on any atom is -0.496 e. The van der Waals surface area contributed by atoms with Crippen LogP contribution in [0.15, 0.2) is 48.5 Å². The number of nitrogens with one attached hydrogen (secondary N) is 2. The van der Waals surface area contributed by atoms with E-state index >= 15 is 0 Å². The lowest BCUT2D eigenvalue weighted by atomic mass is 9.97. The van der Waals surface area contributed by atoms with E-state index in [0.29, 0.717) is 21.9 Å². The molecule has 0 bridgehead atoms. The van der Waals surface area contributed by atoms with Gasteiger partial charge in [0.05, 0.1) is 19.1 Å². The number of imide groups is 1. The van der Waals surface area contributed by atoms with Gasteiger partial charge >= 0.3 is 12.0 Å². The molecule has 1 saturated heterocycles. The summed E-state index contributed by atoms with van der Waals surface area (Å²) < 4.78 is 5.35. The highest BCUT2D eigenvalue weighted by atomic mass is 35.5. The van der Waals surface area contributed by atoms with Crippen molar-refractivity contribution in [2.24, 2.45) is 5.92 Å². The molecule has 0 spiro atoms. The third-order valence-electron chi connectivity index (χ3n) is 5.56. The molecule has 2 unspecified atom stereocenters. The summed E-state index contributed by atoms with van der Waals surface area (Å²) in [5.74, 6) is -2.18. The zero-order valence-corrected chi connectivity index (χ0v) is 19.4. The third kappa shape index (κ3) is 6.48. The molecule has 2 aromatic carbocycles. The predicted molar refractivity (Wildman–Crippen MR) is 125 cm³/mol. The predicted octanol–water partition coefficient (Wildman–Crippen LogP) is 2.78. The Labute approximate surface area is 202 Å². The van der Waals surface area contributed by atoms with Gasteiger partial charge in [0.15, 0.2) is 0 Å². The van der Waals surface area contributed by atoms with Gasteiger partial charge in [-0.25, -0.2) is 4.79 Å². The summed E-state index contributed by atoms with van der Waals surface area (Å²) >= 11 is 6.10. The molecule has 1 aliphatic rings. The monoisotopic (exact) mass is 487 g/mol. The molecule has 0 aromatic heterocycles. The van der Waals surface area contributed by atoms with Crippen molar-refractivity contribution in [2.45, 2.75) is 25.3 Å². The Morgan fingerprint density at radius 3 is 2.65 bits per heavy atom. The normalized spacial score (nSPS) is 16.9. The van der Waals surface area contributed by atoms with Crippen molar-refractivity contribution in [1.82, 2.24) is 15.5 Å². The highest BCUT2D eigenvalue weighted by Crippen LogP contribution is 2.26. The van der Waals surface area contributed by atoms with Crippen LogP contribution < -0.4 is 15.4 Å².